The van der Waals surface area contributed by atoms with Gasteiger partial charge in [-0.25, -0.2) is 0 Å². The van der Waals surface area contributed by atoms with Crippen molar-refractivity contribution < 1.29 is 4.79 Å². The van der Waals surface area contributed by atoms with Crippen molar-refractivity contribution in [1.82, 2.24) is 14.9 Å². The molecule has 0 spiro atoms. The van der Waals surface area contributed by atoms with E-state index in [0.29, 0.717) is 23.1 Å². The van der Waals surface area contributed by atoms with Gasteiger partial charge < -0.3 is 31.5 Å². The topological polar surface area (TPSA) is 111 Å². The molecule has 1 fully saturated rings. The van der Waals surface area contributed by atoms with Crippen molar-refractivity contribution in [3.8, 4) is 0 Å². The molecular weight excluding hydrogens is 452 g/mol. The number of nitrogens with one attached hydrogen (secondary N) is 3. The van der Waals surface area contributed by atoms with Crippen LogP contribution >= 0.6 is 11.6 Å². The lowest BCUT2D eigenvalue weighted by Crippen LogP contribution is -2.44. The molecule has 0 bridgehead atoms. The van der Waals surface area contributed by atoms with Crippen molar-refractivity contribution in [3.63, 3.8) is 0 Å². The number of nitrogen functional groups attached to an aromatic ring is 1. The van der Waals surface area contributed by atoms with Crippen molar-refractivity contribution in [2.24, 2.45) is 0 Å². The molecule has 0 saturated carbocycles. The first kappa shape index (κ1) is 23.3. The van der Waals surface area contributed by atoms with Gasteiger partial charge in [0.2, 0.25) is 11.9 Å². The summed E-state index contributed by atoms with van der Waals surface area (Å²) in [6.07, 6.45) is 1.20. The molecule has 5 N–H and O–H groups in total. The van der Waals surface area contributed by atoms with Gasteiger partial charge >= 0.3 is 0 Å². The van der Waals surface area contributed by atoms with Crippen LogP contribution in [-0.2, 0) is 4.79 Å². The number of carbonyl (C=O) groups excluding carboxylic acids is 1. The van der Waals surface area contributed by atoms with E-state index in [4.69, 9.17) is 17.3 Å². The molecule has 3 aromatic rings. The molecule has 0 atom stereocenters. The Morgan fingerprint density at radius 3 is 2.38 bits per heavy atom. The summed E-state index contributed by atoms with van der Waals surface area (Å²) in [5, 5.41) is 9.24. The predicted octanol–water partition coefficient (Wildman–Crippen LogP) is 4.08. The summed E-state index contributed by atoms with van der Waals surface area (Å²) in [6.45, 7) is 7.59. The number of anilines is 7. The van der Waals surface area contributed by atoms with Gasteiger partial charge in [-0.1, -0.05) is 30.3 Å². The average Bonchev–Trinajstić information content (AvgIpc) is 2.84. The number of hydrogen-bond donors (Lipinski definition) is 4. The molecule has 4 rings (SSSR count). The second-order valence-electron chi connectivity index (χ2n) is 7.92. The molecule has 10 heteroatoms. The number of nitrogens with zero attached hydrogens (tertiary/aromatic N) is 4. The zero-order valence-corrected chi connectivity index (χ0v) is 19.6. The molecular formula is C24H27ClN8O. The van der Waals surface area contributed by atoms with Gasteiger partial charge in [-0.05, 0) is 49.5 Å². The summed E-state index contributed by atoms with van der Waals surface area (Å²) in [4.78, 5) is 25.2. The maximum absolute atomic E-state index is 11.8. The third kappa shape index (κ3) is 5.56. The van der Waals surface area contributed by atoms with Crippen LogP contribution in [0.1, 0.15) is 0 Å². The van der Waals surface area contributed by atoms with Crippen molar-refractivity contribution in [3.05, 3.63) is 66.2 Å². The third-order valence-corrected chi connectivity index (χ3v) is 5.86. The van der Waals surface area contributed by atoms with E-state index < -0.39 is 0 Å². The summed E-state index contributed by atoms with van der Waals surface area (Å²) >= 11 is 6.37. The van der Waals surface area contributed by atoms with Crippen LogP contribution in [0.25, 0.3) is 0 Å². The number of likely N-dealkylation sites (N-methyl/N-ethyl adjacent to an activating group) is 1. The zero-order chi connectivity index (χ0) is 24.1. The zero-order valence-electron chi connectivity index (χ0n) is 18.9. The average molecular weight is 479 g/mol. The first-order valence-corrected chi connectivity index (χ1v) is 11.2. The fraction of sp³-hybridized carbons (Fsp3) is 0.208. The second kappa shape index (κ2) is 10.4. The Morgan fingerprint density at radius 1 is 1.03 bits per heavy atom. The number of hydrogen-bond acceptors (Lipinski definition) is 8. The van der Waals surface area contributed by atoms with Crippen molar-refractivity contribution >= 4 is 57.8 Å². The molecule has 1 aliphatic rings. The minimum Gasteiger partial charge on any atom is -0.382 e. The fourth-order valence-corrected chi connectivity index (χ4v) is 3.70. The van der Waals surface area contributed by atoms with E-state index in [1.807, 2.05) is 18.2 Å². The smallest absolute Gasteiger partial charge is 0.247 e. The summed E-state index contributed by atoms with van der Waals surface area (Å²) in [6, 6.07) is 15.3. The lowest BCUT2D eigenvalue weighted by molar-refractivity contribution is -0.111. The van der Waals surface area contributed by atoms with E-state index in [9.17, 15) is 4.79 Å². The monoisotopic (exact) mass is 478 g/mol. The molecule has 9 nitrogen and oxygen atoms in total. The number of aromatic nitrogens is 2. The van der Waals surface area contributed by atoms with Gasteiger partial charge in [0.1, 0.15) is 10.8 Å². The van der Waals surface area contributed by atoms with Crippen LogP contribution in [0.5, 0.6) is 0 Å². The number of para-hydroxylation sites is 2. The van der Waals surface area contributed by atoms with E-state index in [-0.39, 0.29) is 16.7 Å². The predicted molar refractivity (Wildman–Crippen MR) is 139 cm³/mol. The van der Waals surface area contributed by atoms with E-state index in [1.165, 1.54) is 11.8 Å². The summed E-state index contributed by atoms with van der Waals surface area (Å²) in [5.41, 5.74) is 9.19. The van der Waals surface area contributed by atoms with Gasteiger partial charge in [0, 0.05) is 37.6 Å². The molecule has 1 saturated heterocycles. The Morgan fingerprint density at radius 2 is 1.71 bits per heavy atom. The number of amides is 1. The fourth-order valence-electron chi connectivity index (χ4n) is 3.56. The molecule has 1 aromatic heterocycles. The van der Waals surface area contributed by atoms with Gasteiger partial charge in [-0.15, -0.1) is 0 Å². The quantitative estimate of drug-likeness (QED) is 0.376. The molecule has 2 heterocycles. The van der Waals surface area contributed by atoms with E-state index in [2.05, 4.69) is 61.5 Å². The standard InChI is InChI=1S/C24H27ClN8O/c1-3-20(34)28-18-6-4-5-7-19(18)29-23-21(25)22(26)30-24(31-23)27-16-8-10-17(11-9-16)33-14-12-32(2)13-15-33/h3-11H,1,12-15H2,2H3,(H,28,34)(H4,26,27,29,30,31). The van der Waals surface area contributed by atoms with E-state index in [0.717, 1.165) is 31.9 Å². The summed E-state index contributed by atoms with van der Waals surface area (Å²) < 4.78 is 0. The highest BCUT2D eigenvalue weighted by Gasteiger charge is 2.15. The first-order valence-electron chi connectivity index (χ1n) is 10.9. The highest BCUT2D eigenvalue weighted by atomic mass is 35.5. The van der Waals surface area contributed by atoms with Crippen molar-refractivity contribution in [1.29, 1.82) is 0 Å². The lowest BCUT2D eigenvalue weighted by atomic mass is 10.2. The Labute approximate surface area is 203 Å². The number of benzene rings is 2. The maximum Gasteiger partial charge on any atom is 0.247 e. The normalized spacial score (nSPS) is 13.9. The van der Waals surface area contributed by atoms with Crippen LogP contribution in [0.2, 0.25) is 5.02 Å². The Balaban J connectivity index is 1.51. The highest BCUT2D eigenvalue weighted by molar-refractivity contribution is 6.35. The molecule has 176 valence electrons. The highest BCUT2D eigenvalue weighted by Crippen LogP contribution is 2.32. The van der Waals surface area contributed by atoms with Gasteiger partial charge in [0.05, 0.1) is 11.4 Å². The Hall–Kier alpha value is -3.82. The van der Waals surface area contributed by atoms with Crippen LogP contribution in [0, 0.1) is 0 Å². The molecule has 0 unspecified atom stereocenters. The number of rotatable bonds is 7. The van der Waals surface area contributed by atoms with Crippen LogP contribution < -0.4 is 26.6 Å². The van der Waals surface area contributed by atoms with Crippen molar-refractivity contribution in [2.75, 3.05) is 59.8 Å². The van der Waals surface area contributed by atoms with E-state index in [1.54, 1.807) is 18.2 Å². The van der Waals surface area contributed by atoms with Crippen LogP contribution in [0.4, 0.5) is 40.3 Å². The Kier molecular flexibility index (Phi) is 7.15. The molecule has 2 aromatic carbocycles. The second-order valence-corrected chi connectivity index (χ2v) is 8.30. The van der Waals surface area contributed by atoms with Gasteiger partial charge in [0.15, 0.2) is 5.82 Å². The van der Waals surface area contributed by atoms with Gasteiger partial charge in [-0.2, -0.15) is 9.97 Å². The number of carbonyl (C=O) groups is 1. The molecule has 34 heavy (non-hydrogen) atoms. The minimum absolute atomic E-state index is 0.128. The van der Waals surface area contributed by atoms with Crippen molar-refractivity contribution in [2.45, 2.75) is 0 Å². The molecule has 0 radical (unpaired) electrons. The lowest BCUT2D eigenvalue weighted by Gasteiger charge is -2.34. The van der Waals surface area contributed by atoms with Crippen LogP contribution in [0.15, 0.2) is 61.2 Å². The summed E-state index contributed by atoms with van der Waals surface area (Å²) in [5.74, 6) is 0.406. The first-order chi connectivity index (χ1) is 16.4. The summed E-state index contributed by atoms with van der Waals surface area (Å²) in [7, 11) is 2.14. The number of nitrogens with two attached hydrogens (primary N) is 1. The Bertz CT molecular complexity index is 1180. The molecule has 1 aliphatic heterocycles. The van der Waals surface area contributed by atoms with Crippen LogP contribution in [0.3, 0.4) is 0 Å². The van der Waals surface area contributed by atoms with E-state index >= 15 is 0 Å². The molecule has 0 aliphatic carbocycles. The minimum atomic E-state index is -0.329. The van der Waals surface area contributed by atoms with Crippen LogP contribution in [-0.4, -0.2) is 54.0 Å². The SMILES string of the molecule is C=CC(=O)Nc1ccccc1Nc1nc(Nc2ccc(N3CCN(C)CC3)cc2)nc(N)c1Cl. The maximum atomic E-state index is 11.8. The number of halogens is 1. The largest absolute Gasteiger partial charge is 0.382 e. The van der Waals surface area contributed by atoms with Gasteiger partial charge in [-0.3, -0.25) is 4.79 Å². The number of piperazine rings is 1. The third-order valence-electron chi connectivity index (χ3n) is 5.49. The van der Waals surface area contributed by atoms with Gasteiger partial charge in [0.25, 0.3) is 0 Å². The molecule has 1 amide bonds.